The predicted octanol–water partition coefficient (Wildman–Crippen LogP) is 1.50. The molecule has 0 aliphatic carbocycles. The summed E-state index contributed by atoms with van der Waals surface area (Å²) in [6, 6.07) is 9.10. The van der Waals surface area contributed by atoms with E-state index in [-0.39, 0.29) is 19.0 Å². The van der Waals surface area contributed by atoms with E-state index >= 15 is 0 Å². The molecule has 0 radical (unpaired) electrons. The lowest BCUT2D eigenvalue weighted by Crippen LogP contribution is -2.39. The number of benzene rings is 1. The number of nitrogens with one attached hydrogen (secondary N) is 1. The van der Waals surface area contributed by atoms with Crippen molar-refractivity contribution in [3.8, 4) is 0 Å². The van der Waals surface area contributed by atoms with Gasteiger partial charge in [-0.1, -0.05) is 30.3 Å². The Morgan fingerprint density at radius 3 is 2.53 bits per heavy atom. The average Bonchev–Trinajstić information content (AvgIpc) is 2.29. The highest BCUT2D eigenvalue weighted by Gasteiger charge is 2.17. The Hall–Kier alpha value is -1.49. The summed E-state index contributed by atoms with van der Waals surface area (Å²) in [6.45, 7) is -0.249. The number of amides is 1. The van der Waals surface area contributed by atoms with E-state index in [1.54, 1.807) is 7.05 Å². The number of rotatable bonds is 6. The molecule has 0 saturated carbocycles. The second kappa shape index (κ2) is 6.96. The standard InChI is InChI=1S/C12H16F2N2O/c1-15-7-12(17)16(9-11(13)14)8-10-5-3-2-4-6-10/h2-6,11,15H,7-9H2,1H3. The molecule has 0 heterocycles. The Kier molecular flexibility index (Phi) is 5.56. The van der Waals surface area contributed by atoms with Gasteiger partial charge in [0.25, 0.3) is 6.43 Å². The van der Waals surface area contributed by atoms with Crippen molar-refractivity contribution in [1.82, 2.24) is 10.2 Å². The minimum atomic E-state index is -2.51. The number of hydrogen-bond acceptors (Lipinski definition) is 2. The fourth-order valence-corrected chi connectivity index (χ4v) is 1.49. The lowest BCUT2D eigenvalue weighted by atomic mass is 10.2. The van der Waals surface area contributed by atoms with Crippen LogP contribution in [0, 0.1) is 0 Å². The fraction of sp³-hybridized carbons (Fsp3) is 0.417. The zero-order valence-corrected chi connectivity index (χ0v) is 9.70. The first-order chi connectivity index (χ1) is 8.13. The maximum atomic E-state index is 12.4. The van der Waals surface area contributed by atoms with Gasteiger partial charge in [-0.2, -0.15) is 0 Å². The topological polar surface area (TPSA) is 32.3 Å². The summed E-state index contributed by atoms with van der Waals surface area (Å²) < 4.78 is 24.7. The van der Waals surface area contributed by atoms with Crippen LogP contribution < -0.4 is 5.32 Å². The molecular weight excluding hydrogens is 226 g/mol. The third kappa shape index (κ3) is 4.91. The van der Waals surface area contributed by atoms with Gasteiger partial charge in [-0.05, 0) is 12.6 Å². The first-order valence-electron chi connectivity index (χ1n) is 5.38. The van der Waals surface area contributed by atoms with Crippen molar-refractivity contribution in [2.24, 2.45) is 0 Å². The van der Waals surface area contributed by atoms with Gasteiger partial charge in [0, 0.05) is 6.54 Å². The van der Waals surface area contributed by atoms with Crippen LogP contribution in [0.5, 0.6) is 0 Å². The van der Waals surface area contributed by atoms with E-state index in [1.807, 2.05) is 30.3 Å². The predicted molar refractivity (Wildman–Crippen MR) is 61.8 cm³/mol. The average molecular weight is 242 g/mol. The van der Waals surface area contributed by atoms with E-state index in [2.05, 4.69) is 5.32 Å². The summed E-state index contributed by atoms with van der Waals surface area (Å²) in [4.78, 5) is 12.8. The molecule has 0 unspecified atom stereocenters. The highest BCUT2D eigenvalue weighted by molar-refractivity contribution is 5.78. The van der Waals surface area contributed by atoms with Gasteiger partial charge >= 0.3 is 0 Å². The third-order valence-corrected chi connectivity index (χ3v) is 2.26. The summed E-state index contributed by atoms with van der Waals surface area (Å²) in [6.07, 6.45) is -2.51. The molecule has 94 valence electrons. The van der Waals surface area contributed by atoms with Gasteiger partial charge in [-0.3, -0.25) is 4.79 Å². The highest BCUT2D eigenvalue weighted by atomic mass is 19.3. The molecular formula is C12H16F2N2O. The van der Waals surface area contributed by atoms with Crippen LogP contribution in [-0.2, 0) is 11.3 Å². The second-order valence-electron chi connectivity index (χ2n) is 3.68. The summed E-state index contributed by atoms with van der Waals surface area (Å²) >= 11 is 0. The smallest absolute Gasteiger partial charge is 0.255 e. The van der Waals surface area contributed by atoms with Crippen LogP contribution in [0.4, 0.5) is 8.78 Å². The van der Waals surface area contributed by atoms with E-state index in [0.29, 0.717) is 0 Å². The molecule has 0 bridgehead atoms. The van der Waals surface area contributed by atoms with Crippen LogP contribution in [0.2, 0.25) is 0 Å². The second-order valence-corrected chi connectivity index (χ2v) is 3.68. The number of hydrogen-bond donors (Lipinski definition) is 1. The number of nitrogens with zero attached hydrogens (tertiary/aromatic N) is 1. The lowest BCUT2D eigenvalue weighted by molar-refractivity contribution is -0.132. The number of likely N-dealkylation sites (N-methyl/N-ethyl adjacent to an activating group) is 1. The largest absolute Gasteiger partial charge is 0.332 e. The molecule has 0 atom stereocenters. The monoisotopic (exact) mass is 242 g/mol. The fourth-order valence-electron chi connectivity index (χ4n) is 1.49. The Balaban J connectivity index is 2.66. The molecule has 0 fully saturated rings. The van der Waals surface area contributed by atoms with Crippen LogP contribution in [0.3, 0.4) is 0 Å². The van der Waals surface area contributed by atoms with E-state index in [4.69, 9.17) is 0 Å². The van der Waals surface area contributed by atoms with Gasteiger partial charge in [-0.25, -0.2) is 8.78 Å². The van der Waals surface area contributed by atoms with Crippen molar-refractivity contribution < 1.29 is 13.6 Å². The number of carbonyl (C=O) groups is 1. The molecule has 1 N–H and O–H groups in total. The van der Waals surface area contributed by atoms with Crippen LogP contribution in [0.15, 0.2) is 30.3 Å². The van der Waals surface area contributed by atoms with Crippen LogP contribution in [0.25, 0.3) is 0 Å². The number of halogens is 2. The number of carbonyl (C=O) groups excluding carboxylic acids is 1. The van der Waals surface area contributed by atoms with E-state index in [1.165, 1.54) is 0 Å². The molecule has 0 spiro atoms. The van der Waals surface area contributed by atoms with Crippen molar-refractivity contribution in [2.45, 2.75) is 13.0 Å². The van der Waals surface area contributed by atoms with Gasteiger partial charge in [-0.15, -0.1) is 0 Å². The quantitative estimate of drug-likeness (QED) is 0.820. The van der Waals surface area contributed by atoms with E-state index in [0.717, 1.165) is 10.5 Å². The molecule has 1 rings (SSSR count). The van der Waals surface area contributed by atoms with Crippen LogP contribution in [-0.4, -0.2) is 37.4 Å². The molecule has 1 aromatic carbocycles. The molecule has 1 amide bonds. The van der Waals surface area contributed by atoms with Crippen LogP contribution in [0.1, 0.15) is 5.56 Å². The summed E-state index contributed by atoms with van der Waals surface area (Å²) in [5.41, 5.74) is 0.845. The van der Waals surface area contributed by atoms with E-state index in [9.17, 15) is 13.6 Å². The minimum absolute atomic E-state index is 0.0690. The Bertz CT molecular complexity index is 344. The van der Waals surface area contributed by atoms with E-state index < -0.39 is 13.0 Å². The normalized spacial score (nSPS) is 10.6. The van der Waals surface area contributed by atoms with Gasteiger partial charge in [0.2, 0.25) is 5.91 Å². The molecule has 3 nitrogen and oxygen atoms in total. The van der Waals surface area contributed by atoms with Gasteiger partial charge < -0.3 is 10.2 Å². The Labute approximate surface area is 99.4 Å². The van der Waals surface area contributed by atoms with Crippen molar-refractivity contribution in [2.75, 3.05) is 20.1 Å². The van der Waals surface area contributed by atoms with Gasteiger partial charge in [0.1, 0.15) is 0 Å². The summed E-state index contributed by atoms with van der Waals surface area (Å²) in [5.74, 6) is -0.323. The van der Waals surface area contributed by atoms with Crippen molar-refractivity contribution >= 4 is 5.91 Å². The SMILES string of the molecule is CNCC(=O)N(Cc1ccccc1)CC(F)F. The zero-order chi connectivity index (χ0) is 12.7. The van der Waals surface area contributed by atoms with Crippen LogP contribution >= 0.6 is 0 Å². The maximum absolute atomic E-state index is 12.4. The first-order valence-corrected chi connectivity index (χ1v) is 5.38. The molecule has 0 aliphatic heterocycles. The third-order valence-electron chi connectivity index (χ3n) is 2.26. The molecule has 1 aromatic rings. The molecule has 5 heteroatoms. The van der Waals surface area contributed by atoms with Gasteiger partial charge in [0.05, 0.1) is 13.1 Å². The van der Waals surface area contributed by atoms with Crippen molar-refractivity contribution in [3.63, 3.8) is 0 Å². The summed E-state index contributed by atoms with van der Waals surface area (Å²) in [7, 11) is 1.61. The van der Waals surface area contributed by atoms with Crippen molar-refractivity contribution in [1.29, 1.82) is 0 Å². The highest BCUT2D eigenvalue weighted by Crippen LogP contribution is 2.07. The lowest BCUT2D eigenvalue weighted by Gasteiger charge is -2.22. The summed E-state index contributed by atoms with van der Waals surface area (Å²) in [5, 5.41) is 2.67. The van der Waals surface area contributed by atoms with Gasteiger partial charge in [0.15, 0.2) is 0 Å². The molecule has 17 heavy (non-hydrogen) atoms. The minimum Gasteiger partial charge on any atom is -0.332 e. The Morgan fingerprint density at radius 1 is 1.35 bits per heavy atom. The molecule has 0 aromatic heterocycles. The maximum Gasteiger partial charge on any atom is 0.255 e. The zero-order valence-electron chi connectivity index (χ0n) is 9.70. The van der Waals surface area contributed by atoms with Crippen molar-refractivity contribution in [3.05, 3.63) is 35.9 Å². The molecule has 0 saturated heterocycles. The first kappa shape index (κ1) is 13.6. The Morgan fingerprint density at radius 2 is 2.00 bits per heavy atom. The number of alkyl halides is 2. The molecule has 0 aliphatic rings.